The molecule has 0 spiro atoms. The Morgan fingerprint density at radius 1 is 1.29 bits per heavy atom. The SMILES string of the molecule is CCNC(C)c1cc(Br)ccc1OC1CCC(C)C(C)C1. The quantitative estimate of drug-likeness (QED) is 0.772. The second-order valence-corrected chi connectivity index (χ2v) is 7.38. The first-order chi connectivity index (χ1) is 10.0. The van der Waals surface area contributed by atoms with Crippen LogP contribution in [0.5, 0.6) is 5.75 Å². The third-order valence-corrected chi connectivity index (χ3v) is 5.29. The highest BCUT2D eigenvalue weighted by atomic mass is 79.9. The van der Waals surface area contributed by atoms with Gasteiger partial charge in [-0.05, 0) is 62.8 Å². The minimum atomic E-state index is 0.308. The van der Waals surface area contributed by atoms with Crippen molar-refractivity contribution in [3.8, 4) is 5.75 Å². The van der Waals surface area contributed by atoms with Crippen LogP contribution in [0.2, 0.25) is 0 Å². The second-order valence-electron chi connectivity index (χ2n) is 6.47. The van der Waals surface area contributed by atoms with Gasteiger partial charge in [0.2, 0.25) is 0 Å². The molecule has 1 N–H and O–H groups in total. The summed E-state index contributed by atoms with van der Waals surface area (Å²) in [5, 5.41) is 3.48. The second kappa shape index (κ2) is 7.64. The van der Waals surface area contributed by atoms with E-state index in [1.165, 1.54) is 24.8 Å². The lowest BCUT2D eigenvalue weighted by atomic mass is 9.80. The fraction of sp³-hybridized carbons (Fsp3) is 0.667. The van der Waals surface area contributed by atoms with Crippen LogP contribution in [0.25, 0.3) is 0 Å². The molecular formula is C18H28BrNO. The van der Waals surface area contributed by atoms with Gasteiger partial charge in [0, 0.05) is 16.1 Å². The van der Waals surface area contributed by atoms with Crippen LogP contribution in [0.4, 0.5) is 0 Å². The minimum absolute atomic E-state index is 0.308. The highest BCUT2D eigenvalue weighted by molar-refractivity contribution is 9.10. The molecule has 2 rings (SSSR count). The predicted molar refractivity (Wildman–Crippen MR) is 92.8 cm³/mol. The summed E-state index contributed by atoms with van der Waals surface area (Å²) in [6.07, 6.45) is 3.99. The fourth-order valence-electron chi connectivity index (χ4n) is 3.17. The molecule has 0 amide bonds. The number of ether oxygens (including phenoxy) is 1. The molecule has 1 aliphatic carbocycles. The molecule has 1 aliphatic rings. The number of hydrogen-bond acceptors (Lipinski definition) is 2. The molecule has 4 unspecified atom stereocenters. The summed E-state index contributed by atoms with van der Waals surface area (Å²) in [4.78, 5) is 0. The third kappa shape index (κ3) is 4.46. The van der Waals surface area contributed by atoms with Gasteiger partial charge < -0.3 is 10.1 Å². The molecule has 0 aromatic heterocycles. The molecule has 118 valence electrons. The van der Waals surface area contributed by atoms with E-state index in [0.29, 0.717) is 12.1 Å². The van der Waals surface area contributed by atoms with E-state index in [2.05, 4.69) is 67.1 Å². The normalized spacial score (nSPS) is 27.4. The van der Waals surface area contributed by atoms with Gasteiger partial charge in [-0.2, -0.15) is 0 Å². The molecule has 1 fully saturated rings. The number of benzene rings is 1. The Kier molecular flexibility index (Phi) is 6.12. The predicted octanol–water partition coefficient (Wildman–Crippen LogP) is 5.32. The third-order valence-electron chi connectivity index (χ3n) is 4.79. The van der Waals surface area contributed by atoms with E-state index in [9.17, 15) is 0 Å². The van der Waals surface area contributed by atoms with Crippen LogP contribution < -0.4 is 10.1 Å². The summed E-state index contributed by atoms with van der Waals surface area (Å²) >= 11 is 3.58. The summed E-state index contributed by atoms with van der Waals surface area (Å²) < 4.78 is 7.48. The minimum Gasteiger partial charge on any atom is -0.490 e. The molecule has 3 heteroatoms. The highest BCUT2D eigenvalue weighted by Crippen LogP contribution is 2.35. The van der Waals surface area contributed by atoms with Crippen molar-refractivity contribution in [2.75, 3.05) is 6.54 Å². The molecule has 1 aromatic carbocycles. The van der Waals surface area contributed by atoms with Crippen molar-refractivity contribution in [3.05, 3.63) is 28.2 Å². The maximum absolute atomic E-state index is 6.37. The van der Waals surface area contributed by atoms with E-state index in [1.807, 2.05) is 0 Å². The zero-order valence-electron chi connectivity index (χ0n) is 13.7. The molecule has 2 nitrogen and oxygen atoms in total. The van der Waals surface area contributed by atoms with Crippen LogP contribution in [-0.4, -0.2) is 12.6 Å². The van der Waals surface area contributed by atoms with Gasteiger partial charge in [-0.1, -0.05) is 36.7 Å². The lowest BCUT2D eigenvalue weighted by Crippen LogP contribution is -2.29. The van der Waals surface area contributed by atoms with Gasteiger partial charge in [0.25, 0.3) is 0 Å². The summed E-state index contributed by atoms with van der Waals surface area (Å²) in [5.41, 5.74) is 1.25. The Hall–Kier alpha value is -0.540. The molecule has 21 heavy (non-hydrogen) atoms. The zero-order chi connectivity index (χ0) is 15.4. The summed E-state index contributed by atoms with van der Waals surface area (Å²) in [6, 6.07) is 6.67. The number of rotatable bonds is 5. The standard InChI is InChI=1S/C18H28BrNO/c1-5-20-14(4)17-11-15(19)7-9-18(17)21-16-8-6-12(2)13(3)10-16/h7,9,11-14,16,20H,5-6,8,10H2,1-4H3. The summed E-state index contributed by atoms with van der Waals surface area (Å²) in [6.45, 7) is 10.0. The average molecular weight is 354 g/mol. The Balaban J connectivity index is 2.12. The van der Waals surface area contributed by atoms with Crippen molar-refractivity contribution in [3.63, 3.8) is 0 Å². The van der Waals surface area contributed by atoms with Crippen molar-refractivity contribution < 1.29 is 4.74 Å². The van der Waals surface area contributed by atoms with E-state index in [1.54, 1.807) is 0 Å². The van der Waals surface area contributed by atoms with E-state index in [0.717, 1.165) is 28.6 Å². The van der Waals surface area contributed by atoms with Crippen LogP contribution >= 0.6 is 15.9 Å². The van der Waals surface area contributed by atoms with Crippen molar-refractivity contribution >= 4 is 15.9 Å². The molecule has 0 bridgehead atoms. The monoisotopic (exact) mass is 353 g/mol. The first-order valence-electron chi connectivity index (χ1n) is 8.20. The van der Waals surface area contributed by atoms with Crippen LogP contribution in [0.3, 0.4) is 0 Å². The molecule has 0 aliphatic heterocycles. The van der Waals surface area contributed by atoms with Crippen LogP contribution in [0.15, 0.2) is 22.7 Å². The molecular weight excluding hydrogens is 326 g/mol. The summed E-state index contributed by atoms with van der Waals surface area (Å²) in [5.74, 6) is 2.63. The Bertz CT molecular complexity index is 463. The van der Waals surface area contributed by atoms with Crippen molar-refractivity contribution in [2.45, 2.75) is 59.1 Å². The van der Waals surface area contributed by atoms with Crippen LogP contribution in [0.1, 0.15) is 58.6 Å². The molecule has 1 saturated carbocycles. The molecule has 1 aromatic rings. The van der Waals surface area contributed by atoms with Crippen molar-refractivity contribution in [1.29, 1.82) is 0 Å². The van der Waals surface area contributed by atoms with Gasteiger partial charge in [0.15, 0.2) is 0 Å². The molecule has 4 atom stereocenters. The topological polar surface area (TPSA) is 21.3 Å². The number of hydrogen-bond donors (Lipinski definition) is 1. The summed E-state index contributed by atoms with van der Waals surface area (Å²) in [7, 11) is 0. The first kappa shape index (κ1) is 16.8. The van der Waals surface area contributed by atoms with E-state index < -0.39 is 0 Å². The fourth-order valence-corrected chi connectivity index (χ4v) is 3.54. The zero-order valence-corrected chi connectivity index (χ0v) is 15.2. The Morgan fingerprint density at radius 2 is 2.05 bits per heavy atom. The van der Waals surface area contributed by atoms with Gasteiger partial charge in [0.05, 0.1) is 6.10 Å². The number of halogens is 1. The molecule has 0 heterocycles. The van der Waals surface area contributed by atoms with Gasteiger partial charge in [-0.15, -0.1) is 0 Å². The smallest absolute Gasteiger partial charge is 0.124 e. The lowest BCUT2D eigenvalue weighted by Gasteiger charge is -2.33. The van der Waals surface area contributed by atoms with E-state index in [-0.39, 0.29) is 0 Å². The highest BCUT2D eigenvalue weighted by Gasteiger charge is 2.26. The van der Waals surface area contributed by atoms with Crippen LogP contribution in [0, 0.1) is 11.8 Å². The van der Waals surface area contributed by atoms with Gasteiger partial charge >= 0.3 is 0 Å². The maximum Gasteiger partial charge on any atom is 0.124 e. The van der Waals surface area contributed by atoms with Crippen molar-refractivity contribution in [1.82, 2.24) is 5.32 Å². The lowest BCUT2D eigenvalue weighted by molar-refractivity contribution is 0.0992. The number of nitrogens with one attached hydrogen (secondary N) is 1. The maximum atomic E-state index is 6.37. The van der Waals surface area contributed by atoms with E-state index >= 15 is 0 Å². The molecule has 0 saturated heterocycles. The Labute approximate surface area is 137 Å². The van der Waals surface area contributed by atoms with Gasteiger partial charge in [-0.3, -0.25) is 0 Å². The van der Waals surface area contributed by atoms with E-state index in [4.69, 9.17) is 4.74 Å². The average Bonchev–Trinajstić information content (AvgIpc) is 2.45. The largest absolute Gasteiger partial charge is 0.490 e. The Morgan fingerprint density at radius 3 is 2.71 bits per heavy atom. The van der Waals surface area contributed by atoms with Gasteiger partial charge in [-0.25, -0.2) is 0 Å². The van der Waals surface area contributed by atoms with Gasteiger partial charge in [0.1, 0.15) is 5.75 Å². The van der Waals surface area contributed by atoms with Crippen LogP contribution in [-0.2, 0) is 0 Å². The van der Waals surface area contributed by atoms with Crippen molar-refractivity contribution in [2.24, 2.45) is 11.8 Å². The molecule has 0 radical (unpaired) electrons. The first-order valence-corrected chi connectivity index (χ1v) is 9.00.